The molecule has 1 aliphatic rings. The van der Waals surface area contributed by atoms with Crippen LogP contribution in [0.5, 0.6) is 0 Å². The molecule has 1 rings (SSSR count). The number of cyclic esters (lactones) is 2. The SMILES string of the molecule is C=C1CC(=O)OCCN(CCCCCCCCCCCCCCCCC)CCOC1=O. The molecule has 1 heterocycles. The summed E-state index contributed by atoms with van der Waals surface area (Å²) in [6, 6.07) is 0. The smallest absolute Gasteiger partial charge is 0.334 e. The highest BCUT2D eigenvalue weighted by atomic mass is 16.5. The number of carbonyl (C=O) groups excluding carboxylic acids is 2. The molecule has 31 heavy (non-hydrogen) atoms. The van der Waals surface area contributed by atoms with Gasteiger partial charge in [-0.2, -0.15) is 0 Å². The number of hydrogen-bond donors (Lipinski definition) is 0. The predicted octanol–water partition coefficient (Wildman–Crippen LogP) is 6.21. The Kier molecular flexibility index (Phi) is 17.3. The molecule has 1 saturated heterocycles. The van der Waals surface area contributed by atoms with Crippen LogP contribution < -0.4 is 0 Å². The van der Waals surface area contributed by atoms with Crippen molar-refractivity contribution in [2.45, 2.75) is 110 Å². The van der Waals surface area contributed by atoms with E-state index < -0.39 is 11.9 Å². The first-order chi connectivity index (χ1) is 15.1. The van der Waals surface area contributed by atoms with Crippen LogP contribution in [0.25, 0.3) is 0 Å². The molecule has 0 radical (unpaired) electrons. The number of esters is 2. The van der Waals surface area contributed by atoms with Gasteiger partial charge in [0.2, 0.25) is 0 Å². The van der Waals surface area contributed by atoms with Crippen molar-refractivity contribution in [3.05, 3.63) is 12.2 Å². The van der Waals surface area contributed by atoms with Gasteiger partial charge in [-0.15, -0.1) is 0 Å². The average molecular weight is 438 g/mol. The van der Waals surface area contributed by atoms with E-state index in [0.717, 1.165) is 13.0 Å². The van der Waals surface area contributed by atoms with E-state index in [4.69, 9.17) is 9.47 Å². The molecule has 0 bridgehead atoms. The Morgan fingerprint density at radius 3 is 1.68 bits per heavy atom. The summed E-state index contributed by atoms with van der Waals surface area (Å²) in [7, 11) is 0. The van der Waals surface area contributed by atoms with Gasteiger partial charge in [-0.05, 0) is 13.0 Å². The minimum atomic E-state index is -0.495. The summed E-state index contributed by atoms with van der Waals surface area (Å²) in [6.45, 7) is 8.89. The van der Waals surface area contributed by atoms with E-state index in [9.17, 15) is 9.59 Å². The van der Waals surface area contributed by atoms with Crippen molar-refractivity contribution in [1.29, 1.82) is 0 Å². The maximum absolute atomic E-state index is 11.8. The molecule has 0 aromatic rings. The molecule has 0 atom stereocenters. The van der Waals surface area contributed by atoms with Crippen LogP contribution in [0, 0.1) is 0 Å². The summed E-state index contributed by atoms with van der Waals surface area (Å²) in [5, 5.41) is 0. The minimum absolute atomic E-state index is 0.0854. The van der Waals surface area contributed by atoms with E-state index in [1.165, 1.54) is 89.9 Å². The zero-order chi connectivity index (χ0) is 22.6. The minimum Gasteiger partial charge on any atom is -0.464 e. The van der Waals surface area contributed by atoms with Gasteiger partial charge in [-0.25, -0.2) is 4.79 Å². The van der Waals surface area contributed by atoms with Crippen molar-refractivity contribution in [1.82, 2.24) is 4.90 Å². The molecular weight excluding hydrogens is 390 g/mol. The highest BCUT2D eigenvalue weighted by Crippen LogP contribution is 2.13. The van der Waals surface area contributed by atoms with Crippen molar-refractivity contribution >= 4 is 11.9 Å². The van der Waals surface area contributed by atoms with E-state index in [1.54, 1.807) is 0 Å². The Morgan fingerprint density at radius 2 is 1.16 bits per heavy atom. The lowest BCUT2D eigenvalue weighted by Gasteiger charge is -2.21. The molecule has 0 saturated carbocycles. The van der Waals surface area contributed by atoms with Gasteiger partial charge in [0, 0.05) is 18.7 Å². The third-order valence-corrected chi connectivity index (χ3v) is 6.04. The zero-order valence-electron chi connectivity index (χ0n) is 20.1. The predicted molar refractivity (Wildman–Crippen MR) is 127 cm³/mol. The first-order valence-electron chi connectivity index (χ1n) is 12.9. The van der Waals surface area contributed by atoms with E-state index in [0.29, 0.717) is 26.3 Å². The molecule has 1 fully saturated rings. The number of unbranched alkanes of at least 4 members (excludes halogenated alkanes) is 14. The van der Waals surface area contributed by atoms with Crippen molar-refractivity contribution in [2.75, 3.05) is 32.8 Å². The second-order valence-corrected chi connectivity index (χ2v) is 8.93. The number of rotatable bonds is 16. The highest BCUT2D eigenvalue weighted by molar-refractivity contribution is 5.93. The lowest BCUT2D eigenvalue weighted by Crippen LogP contribution is -2.32. The average Bonchev–Trinajstić information content (AvgIpc) is 2.77. The van der Waals surface area contributed by atoms with Crippen LogP contribution in [0.3, 0.4) is 0 Å². The van der Waals surface area contributed by atoms with Crippen molar-refractivity contribution in [2.24, 2.45) is 0 Å². The van der Waals surface area contributed by atoms with Crippen LogP contribution in [0.1, 0.15) is 110 Å². The number of carbonyl (C=O) groups is 2. The highest BCUT2D eigenvalue weighted by Gasteiger charge is 2.17. The molecule has 0 N–H and O–H groups in total. The Bertz CT molecular complexity index is 492. The molecule has 0 spiro atoms. The third kappa shape index (κ3) is 16.0. The summed E-state index contributed by atoms with van der Waals surface area (Å²) >= 11 is 0. The fourth-order valence-electron chi connectivity index (χ4n) is 4.00. The molecule has 0 aromatic heterocycles. The summed E-state index contributed by atoms with van der Waals surface area (Å²) in [5.41, 5.74) is 0.167. The summed E-state index contributed by atoms with van der Waals surface area (Å²) in [4.78, 5) is 25.6. The fraction of sp³-hybridized carbons (Fsp3) is 0.846. The topological polar surface area (TPSA) is 55.8 Å². The van der Waals surface area contributed by atoms with Gasteiger partial charge in [0.15, 0.2) is 0 Å². The molecule has 0 aromatic carbocycles. The fourth-order valence-corrected chi connectivity index (χ4v) is 4.00. The van der Waals surface area contributed by atoms with Gasteiger partial charge in [0.25, 0.3) is 0 Å². The maximum atomic E-state index is 11.8. The van der Waals surface area contributed by atoms with Crippen LogP contribution in [-0.4, -0.2) is 49.7 Å². The first kappa shape index (κ1) is 27.7. The standard InChI is InChI=1S/C26H47NO4/c1-3-4-5-6-7-8-9-10-11-12-13-14-15-16-17-18-27-19-21-30-25(28)23-24(2)26(29)31-22-20-27/h2-23H2,1H3. The van der Waals surface area contributed by atoms with Crippen LogP contribution >= 0.6 is 0 Å². The summed E-state index contributed by atoms with van der Waals surface area (Å²) < 4.78 is 10.4. The largest absolute Gasteiger partial charge is 0.464 e. The van der Waals surface area contributed by atoms with Crippen molar-refractivity contribution < 1.29 is 19.1 Å². The van der Waals surface area contributed by atoms with Gasteiger partial charge in [0.1, 0.15) is 13.2 Å². The number of nitrogens with zero attached hydrogens (tertiary/aromatic N) is 1. The van der Waals surface area contributed by atoms with Crippen LogP contribution in [-0.2, 0) is 19.1 Å². The Hall–Kier alpha value is -1.36. The molecule has 5 heteroatoms. The second-order valence-electron chi connectivity index (χ2n) is 8.93. The molecule has 0 amide bonds. The van der Waals surface area contributed by atoms with E-state index in [1.807, 2.05) is 0 Å². The lowest BCUT2D eigenvalue weighted by molar-refractivity contribution is -0.145. The quantitative estimate of drug-likeness (QED) is 0.163. The lowest BCUT2D eigenvalue weighted by atomic mass is 10.0. The van der Waals surface area contributed by atoms with E-state index >= 15 is 0 Å². The van der Waals surface area contributed by atoms with Crippen molar-refractivity contribution in [3.63, 3.8) is 0 Å². The number of hydrogen-bond acceptors (Lipinski definition) is 5. The van der Waals surface area contributed by atoms with Gasteiger partial charge >= 0.3 is 11.9 Å². The molecule has 0 aliphatic carbocycles. The van der Waals surface area contributed by atoms with Gasteiger partial charge in [0.05, 0.1) is 6.42 Å². The van der Waals surface area contributed by atoms with Gasteiger partial charge in [-0.1, -0.05) is 103 Å². The van der Waals surface area contributed by atoms with Crippen LogP contribution in [0.2, 0.25) is 0 Å². The maximum Gasteiger partial charge on any atom is 0.334 e. The summed E-state index contributed by atoms with van der Waals surface area (Å²) in [5.74, 6) is -0.901. The van der Waals surface area contributed by atoms with Crippen molar-refractivity contribution in [3.8, 4) is 0 Å². The van der Waals surface area contributed by atoms with Gasteiger partial charge in [-0.3, -0.25) is 9.69 Å². The Morgan fingerprint density at radius 1 is 0.710 bits per heavy atom. The molecule has 0 unspecified atom stereocenters. The number of ether oxygens (including phenoxy) is 2. The van der Waals surface area contributed by atoms with Gasteiger partial charge < -0.3 is 9.47 Å². The normalized spacial score (nSPS) is 16.6. The zero-order valence-corrected chi connectivity index (χ0v) is 20.1. The molecular formula is C26H47NO4. The second kappa shape index (κ2) is 19.3. The van der Waals surface area contributed by atoms with Crippen LogP contribution in [0.15, 0.2) is 12.2 Å². The summed E-state index contributed by atoms with van der Waals surface area (Å²) in [6.07, 6.45) is 20.3. The van der Waals surface area contributed by atoms with Crippen LogP contribution in [0.4, 0.5) is 0 Å². The van der Waals surface area contributed by atoms with E-state index in [2.05, 4.69) is 18.4 Å². The Labute approximate surface area is 190 Å². The molecule has 1 aliphatic heterocycles. The monoisotopic (exact) mass is 437 g/mol. The van der Waals surface area contributed by atoms with E-state index in [-0.39, 0.29) is 12.0 Å². The Balaban J connectivity index is 1.97. The third-order valence-electron chi connectivity index (χ3n) is 6.04. The molecule has 180 valence electrons. The molecule has 5 nitrogen and oxygen atoms in total. The first-order valence-corrected chi connectivity index (χ1v) is 12.9.